The highest BCUT2D eigenvalue weighted by atomic mass is 16.2. The predicted molar refractivity (Wildman–Crippen MR) is 105 cm³/mol. The van der Waals surface area contributed by atoms with Gasteiger partial charge in [0, 0.05) is 6.54 Å². The van der Waals surface area contributed by atoms with Crippen molar-refractivity contribution < 1.29 is 4.79 Å². The summed E-state index contributed by atoms with van der Waals surface area (Å²) in [6.07, 6.45) is 3.35. The van der Waals surface area contributed by atoms with Gasteiger partial charge in [0.25, 0.3) is 0 Å². The molecule has 26 heavy (non-hydrogen) atoms. The molecule has 0 aromatic heterocycles. The zero-order valence-corrected chi connectivity index (χ0v) is 16.0. The summed E-state index contributed by atoms with van der Waals surface area (Å²) < 4.78 is 0. The maximum atomic E-state index is 13.3. The first kappa shape index (κ1) is 17.3. The van der Waals surface area contributed by atoms with E-state index in [1.54, 1.807) is 0 Å². The number of hydrogen-bond acceptors (Lipinski definition) is 2. The molecule has 4 rings (SSSR count). The van der Waals surface area contributed by atoms with Crippen LogP contribution in [0.5, 0.6) is 0 Å². The molecule has 0 saturated carbocycles. The van der Waals surface area contributed by atoms with Gasteiger partial charge in [0.2, 0.25) is 5.91 Å². The van der Waals surface area contributed by atoms with E-state index in [1.165, 1.54) is 16.7 Å². The quantitative estimate of drug-likeness (QED) is 0.882. The second-order valence-electron chi connectivity index (χ2n) is 8.36. The normalized spacial score (nSPS) is 25.8. The van der Waals surface area contributed by atoms with Crippen LogP contribution in [0.3, 0.4) is 0 Å². The molecule has 1 aliphatic carbocycles. The molecule has 1 N–H and O–H groups in total. The molecule has 1 fully saturated rings. The van der Waals surface area contributed by atoms with Crippen LogP contribution in [0.25, 0.3) is 0 Å². The number of nitrogens with zero attached hydrogens (tertiary/aromatic N) is 1. The first-order valence-electron chi connectivity index (χ1n) is 9.67. The first-order chi connectivity index (χ1) is 12.4. The van der Waals surface area contributed by atoms with Crippen LogP contribution in [-0.4, -0.2) is 22.9 Å². The van der Waals surface area contributed by atoms with E-state index < -0.39 is 5.54 Å². The Morgan fingerprint density at radius 1 is 1.04 bits per heavy atom. The van der Waals surface area contributed by atoms with Crippen molar-refractivity contribution in [2.24, 2.45) is 0 Å². The molecular formula is C23H28N2O. The van der Waals surface area contributed by atoms with E-state index in [0.29, 0.717) is 0 Å². The predicted octanol–water partition coefficient (Wildman–Crippen LogP) is 4.19. The van der Waals surface area contributed by atoms with Crippen LogP contribution < -0.4 is 5.32 Å². The van der Waals surface area contributed by atoms with Gasteiger partial charge in [-0.25, -0.2) is 0 Å². The van der Waals surface area contributed by atoms with Crippen LogP contribution in [0.1, 0.15) is 56.3 Å². The van der Waals surface area contributed by atoms with Crippen molar-refractivity contribution in [3.05, 3.63) is 71.3 Å². The fraction of sp³-hybridized carbons (Fsp3) is 0.435. The molecule has 2 aromatic carbocycles. The number of amides is 1. The Balaban J connectivity index is 1.77. The third kappa shape index (κ3) is 2.75. The summed E-state index contributed by atoms with van der Waals surface area (Å²) in [6.45, 7) is 6.93. The summed E-state index contributed by atoms with van der Waals surface area (Å²) in [4.78, 5) is 15.4. The monoisotopic (exact) mass is 348 g/mol. The van der Waals surface area contributed by atoms with Gasteiger partial charge in [0.1, 0.15) is 0 Å². The highest BCUT2D eigenvalue weighted by molar-refractivity contribution is 5.87. The third-order valence-electron chi connectivity index (χ3n) is 6.12. The number of hydrogen-bond donors (Lipinski definition) is 1. The van der Waals surface area contributed by atoms with Gasteiger partial charge < -0.3 is 4.90 Å². The van der Waals surface area contributed by atoms with Crippen LogP contribution in [0.2, 0.25) is 0 Å². The van der Waals surface area contributed by atoms with Crippen molar-refractivity contribution in [1.82, 2.24) is 10.2 Å². The highest BCUT2D eigenvalue weighted by Crippen LogP contribution is 2.42. The zero-order valence-electron chi connectivity index (χ0n) is 16.0. The molecule has 0 bridgehead atoms. The smallest absolute Gasteiger partial charge is 0.242 e. The summed E-state index contributed by atoms with van der Waals surface area (Å²) in [7, 11) is 0. The Morgan fingerprint density at radius 3 is 2.50 bits per heavy atom. The SMILES string of the molecule is C[C@@H](c1ccccc1)N1CC2(CCCc3ccccc32)NC(C)(C)C1=O. The van der Waals surface area contributed by atoms with Gasteiger partial charge >= 0.3 is 0 Å². The van der Waals surface area contributed by atoms with Gasteiger partial charge in [0.05, 0.1) is 17.1 Å². The van der Waals surface area contributed by atoms with E-state index in [4.69, 9.17) is 0 Å². The Kier molecular flexibility index (Phi) is 4.15. The van der Waals surface area contributed by atoms with Crippen molar-refractivity contribution in [2.75, 3.05) is 6.54 Å². The average molecular weight is 348 g/mol. The molecule has 0 radical (unpaired) electrons. The minimum atomic E-state index is -0.578. The van der Waals surface area contributed by atoms with E-state index in [0.717, 1.165) is 25.8 Å². The molecule has 1 unspecified atom stereocenters. The van der Waals surface area contributed by atoms with Crippen molar-refractivity contribution >= 4 is 5.91 Å². The molecule has 136 valence electrons. The zero-order chi connectivity index (χ0) is 18.4. The van der Waals surface area contributed by atoms with Gasteiger partial charge in [-0.05, 0) is 56.7 Å². The average Bonchev–Trinajstić information content (AvgIpc) is 2.65. The largest absolute Gasteiger partial charge is 0.332 e. The van der Waals surface area contributed by atoms with Crippen LogP contribution >= 0.6 is 0 Å². The number of carbonyl (C=O) groups is 1. The van der Waals surface area contributed by atoms with Gasteiger partial charge in [-0.1, -0.05) is 54.6 Å². The summed E-state index contributed by atoms with van der Waals surface area (Å²) in [6, 6.07) is 19.2. The van der Waals surface area contributed by atoms with Crippen LogP contribution in [0.15, 0.2) is 54.6 Å². The summed E-state index contributed by atoms with van der Waals surface area (Å²) in [5.41, 5.74) is 3.25. The lowest BCUT2D eigenvalue weighted by atomic mass is 9.72. The molecule has 2 aliphatic rings. The Morgan fingerprint density at radius 2 is 1.73 bits per heavy atom. The number of nitrogens with one attached hydrogen (secondary N) is 1. The maximum absolute atomic E-state index is 13.3. The van der Waals surface area contributed by atoms with E-state index in [-0.39, 0.29) is 17.5 Å². The van der Waals surface area contributed by atoms with E-state index in [1.807, 2.05) is 19.9 Å². The fourth-order valence-corrected chi connectivity index (χ4v) is 4.85. The number of aryl methyl sites for hydroxylation is 1. The Hall–Kier alpha value is -2.13. The number of carbonyl (C=O) groups excluding carboxylic acids is 1. The van der Waals surface area contributed by atoms with Crippen LogP contribution in [-0.2, 0) is 16.8 Å². The first-order valence-corrected chi connectivity index (χ1v) is 9.67. The van der Waals surface area contributed by atoms with Crippen molar-refractivity contribution in [3.63, 3.8) is 0 Å². The molecule has 3 heteroatoms. The number of piperazine rings is 1. The van der Waals surface area contributed by atoms with E-state index >= 15 is 0 Å². The summed E-state index contributed by atoms with van der Waals surface area (Å²) in [5.74, 6) is 0.183. The van der Waals surface area contributed by atoms with Gasteiger partial charge in [0.15, 0.2) is 0 Å². The number of fused-ring (bicyclic) bond motifs is 2. The van der Waals surface area contributed by atoms with E-state index in [9.17, 15) is 4.79 Å². The number of benzene rings is 2. The standard InChI is InChI=1S/C23H28N2O/c1-17(18-10-5-4-6-11-18)25-16-23(24-22(2,3)21(25)26)15-9-13-19-12-7-8-14-20(19)23/h4-8,10-12,14,17,24H,9,13,15-16H2,1-3H3/t17-,23?/m0/s1. The number of rotatable bonds is 2. The molecule has 1 saturated heterocycles. The van der Waals surface area contributed by atoms with Crippen LogP contribution in [0, 0.1) is 0 Å². The van der Waals surface area contributed by atoms with Crippen LogP contribution in [0.4, 0.5) is 0 Å². The molecule has 3 nitrogen and oxygen atoms in total. The lowest BCUT2D eigenvalue weighted by Gasteiger charge is -2.54. The summed E-state index contributed by atoms with van der Waals surface area (Å²) in [5, 5.41) is 3.76. The molecule has 1 spiro atoms. The van der Waals surface area contributed by atoms with Crippen molar-refractivity contribution in [3.8, 4) is 0 Å². The lowest BCUT2D eigenvalue weighted by molar-refractivity contribution is -0.148. The van der Waals surface area contributed by atoms with Gasteiger partial charge in [-0.3, -0.25) is 10.1 Å². The minimum Gasteiger partial charge on any atom is -0.332 e. The maximum Gasteiger partial charge on any atom is 0.242 e. The molecule has 1 heterocycles. The van der Waals surface area contributed by atoms with Crippen molar-refractivity contribution in [2.45, 2.75) is 57.2 Å². The summed E-state index contributed by atoms with van der Waals surface area (Å²) >= 11 is 0. The lowest BCUT2D eigenvalue weighted by Crippen LogP contribution is -2.70. The Bertz CT molecular complexity index is 814. The van der Waals surface area contributed by atoms with Gasteiger partial charge in [-0.2, -0.15) is 0 Å². The second kappa shape index (κ2) is 6.24. The molecule has 2 atom stereocenters. The van der Waals surface area contributed by atoms with E-state index in [2.05, 4.69) is 65.7 Å². The fourth-order valence-electron chi connectivity index (χ4n) is 4.85. The third-order valence-corrected chi connectivity index (χ3v) is 6.12. The molecule has 1 aliphatic heterocycles. The minimum absolute atomic E-state index is 0.0658. The topological polar surface area (TPSA) is 32.3 Å². The Labute approximate surface area is 156 Å². The van der Waals surface area contributed by atoms with Crippen molar-refractivity contribution in [1.29, 1.82) is 0 Å². The molecule has 2 aromatic rings. The van der Waals surface area contributed by atoms with Gasteiger partial charge in [-0.15, -0.1) is 0 Å². The molecular weight excluding hydrogens is 320 g/mol. The highest BCUT2D eigenvalue weighted by Gasteiger charge is 2.51. The molecule has 1 amide bonds. The second-order valence-corrected chi connectivity index (χ2v) is 8.36.